The molecule has 0 aliphatic rings. The molecule has 8 heteroatoms. The van der Waals surface area contributed by atoms with Gasteiger partial charge in [-0.05, 0) is 24.3 Å². The Bertz CT molecular complexity index is 864. The number of benzene rings is 2. The zero-order chi connectivity index (χ0) is 18.7. The fourth-order valence-electron chi connectivity index (χ4n) is 2.15. The molecule has 3 aromatic rings. The van der Waals surface area contributed by atoms with Gasteiger partial charge in [-0.1, -0.05) is 12.1 Å². The lowest BCUT2D eigenvalue weighted by Crippen LogP contribution is -2.06. The van der Waals surface area contributed by atoms with Crippen LogP contribution in [0, 0.1) is 0 Å². The first-order valence-electron chi connectivity index (χ1n) is 7.46. The molecule has 0 saturated carbocycles. The molecule has 1 aromatic heterocycles. The Labute approximate surface area is 147 Å². The number of halogens is 3. The van der Waals surface area contributed by atoms with E-state index in [1.54, 1.807) is 36.4 Å². The van der Waals surface area contributed by atoms with E-state index < -0.39 is 11.7 Å². The summed E-state index contributed by atoms with van der Waals surface area (Å²) in [6.45, 7) is 0. The summed E-state index contributed by atoms with van der Waals surface area (Å²) in [6, 6.07) is 14.1. The normalized spacial score (nSPS) is 11.2. The molecule has 0 fully saturated rings. The summed E-state index contributed by atoms with van der Waals surface area (Å²) in [7, 11) is 0. The molecule has 0 radical (unpaired) electrons. The average molecular weight is 361 g/mol. The van der Waals surface area contributed by atoms with E-state index in [4.69, 9.17) is 20.9 Å². The minimum Gasteiger partial charge on any atom is -0.439 e. The monoisotopic (exact) mass is 361 g/mol. The van der Waals surface area contributed by atoms with Crippen molar-refractivity contribution in [3.8, 4) is 23.3 Å². The van der Waals surface area contributed by atoms with E-state index in [0.717, 1.165) is 12.1 Å². The number of anilines is 2. The molecule has 4 N–H and O–H groups in total. The molecular formula is C18H14F3N3O2. The molecule has 134 valence electrons. The van der Waals surface area contributed by atoms with Crippen LogP contribution < -0.4 is 20.9 Å². The topological polar surface area (TPSA) is 83.4 Å². The van der Waals surface area contributed by atoms with Gasteiger partial charge >= 0.3 is 6.18 Å². The van der Waals surface area contributed by atoms with E-state index in [0.29, 0.717) is 11.4 Å². The lowest BCUT2D eigenvalue weighted by atomic mass is 10.2. The number of pyridine rings is 1. The van der Waals surface area contributed by atoms with E-state index in [2.05, 4.69) is 4.98 Å². The molecule has 5 nitrogen and oxygen atoms in total. The van der Waals surface area contributed by atoms with E-state index in [9.17, 15) is 13.2 Å². The van der Waals surface area contributed by atoms with Gasteiger partial charge in [0.1, 0.15) is 11.5 Å². The summed E-state index contributed by atoms with van der Waals surface area (Å²) in [5, 5.41) is 0. The highest BCUT2D eigenvalue weighted by Gasteiger charge is 2.32. The maximum atomic E-state index is 13.2. The van der Waals surface area contributed by atoms with Gasteiger partial charge in [0.15, 0.2) is 0 Å². The fourth-order valence-corrected chi connectivity index (χ4v) is 2.15. The standard InChI is InChI=1S/C18H14F3N3O2/c19-18(20,21)11-7-16(25-14-5-1-3-12(22)9-14)24-17(8-11)26-15-6-2-4-13(23)10-15/h1-10H,22-23H2. The first-order valence-corrected chi connectivity index (χ1v) is 7.46. The number of nitrogens with two attached hydrogens (primary N) is 2. The molecule has 0 aliphatic carbocycles. The van der Waals surface area contributed by atoms with Crippen LogP contribution >= 0.6 is 0 Å². The van der Waals surface area contributed by atoms with Gasteiger partial charge in [0.25, 0.3) is 0 Å². The average Bonchev–Trinajstić information content (AvgIpc) is 2.54. The molecule has 0 aliphatic heterocycles. The molecule has 0 saturated heterocycles. The summed E-state index contributed by atoms with van der Waals surface area (Å²) in [6.07, 6.45) is -4.59. The Morgan fingerprint density at radius 3 is 1.58 bits per heavy atom. The molecule has 0 spiro atoms. The number of nitrogens with zero attached hydrogens (tertiary/aromatic N) is 1. The Morgan fingerprint density at radius 1 is 0.731 bits per heavy atom. The van der Waals surface area contributed by atoms with E-state index >= 15 is 0 Å². The maximum Gasteiger partial charge on any atom is 0.416 e. The highest BCUT2D eigenvalue weighted by molar-refractivity contribution is 5.46. The summed E-state index contributed by atoms with van der Waals surface area (Å²) in [5.41, 5.74) is 11.1. The van der Waals surface area contributed by atoms with Crippen molar-refractivity contribution in [2.45, 2.75) is 6.18 Å². The van der Waals surface area contributed by atoms with Crippen molar-refractivity contribution in [3.05, 3.63) is 66.2 Å². The van der Waals surface area contributed by atoms with Crippen LogP contribution in [-0.2, 0) is 6.18 Å². The highest BCUT2D eigenvalue weighted by Crippen LogP contribution is 2.35. The lowest BCUT2D eigenvalue weighted by molar-refractivity contribution is -0.137. The van der Waals surface area contributed by atoms with Crippen LogP contribution in [0.5, 0.6) is 23.3 Å². The zero-order valence-electron chi connectivity index (χ0n) is 13.3. The summed E-state index contributed by atoms with van der Waals surface area (Å²) in [5.74, 6) is -0.0351. The Hall–Kier alpha value is -3.42. The van der Waals surface area contributed by atoms with Crippen molar-refractivity contribution < 1.29 is 22.6 Å². The SMILES string of the molecule is Nc1cccc(Oc2cc(C(F)(F)F)cc(Oc3cccc(N)c3)n2)c1. The van der Waals surface area contributed by atoms with Gasteiger partial charge in [0, 0.05) is 35.6 Å². The highest BCUT2D eigenvalue weighted by atomic mass is 19.4. The van der Waals surface area contributed by atoms with Crippen molar-refractivity contribution >= 4 is 11.4 Å². The summed E-state index contributed by atoms with van der Waals surface area (Å²) < 4.78 is 50.3. The minimum absolute atomic E-state index is 0.256. The largest absolute Gasteiger partial charge is 0.439 e. The molecule has 3 rings (SSSR count). The minimum atomic E-state index is -4.59. The second kappa shape index (κ2) is 6.83. The van der Waals surface area contributed by atoms with Crippen LogP contribution in [0.4, 0.5) is 24.5 Å². The van der Waals surface area contributed by atoms with Crippen molar-refractivity contribution in [2.75, 3.05) is 11.5 Å². The van der Waals surface area contributed by atoms with Crippen LogP contribution in [0.2, 0.25) is 0 Å². The van der Waals surface area contributed by atoms with E-state index in [1.165, 1.54) is 12.1 Å². The van der Waals surface area contributed by atoms with Gasteiger partial charge in [0.05, 0.1) is 5.56 Å². The smallest absolute Gasteiger partial charge is 0.416 e. The van der Waals surface area contributed by atoms with Crippen LogP contribution in [0.3, 0.4) is 0 Å². The van der Waals surface area contributed by atoms with Gasteiger partial charge in [-0.2, -0.15) is 18.2 Å². The van der Waals surface area contributed by atoms with Crippen molar-refractivity contribution in [1.29, 1.82) is 0 Å². The summed E-state index contributed by atoms with van der Waals surface area (Å²) in [4.78, 5) is 3.97. The number of aromatic nitrogens is 1. The third kappa shape index (κ3) is 4.35. The Kier molecular flexibility index (Phi) is 4.57. The predicted molar refractivity (Wildman–Crippen MR) is 91.1 cm³/mol. The number of alkyl halides is 3. The van der Waals surface area contributed by atoms with Gasteiger partial charge in [-0.3, -0.25) is 0 Å². The number of nitrogen functional groups attached to an aromatic ring is 2. The second-order valence-corrected chi connectivity index (χ2v) is 5.38. The number of rotatable bonds is 4. The van der Waals surface area contributed by atoms with Crippen LogP contribution in [-0.4, -0.2) is 4.98 Å². The van der Waals surface area contributed by atoms with Crippen LogP contribution in [0.1, 0.15) is 5.56 Å². The number of hydrogen-bond donors (Lipinski definition) is 2. The molecule has 2 aromatic carbocycles. The van der Waals surface area contributed by atoms with Gasteiger partial charge in [-0.25, -0.2) is 0 Å². The third-order valence-electron chi connectivity index (χ3n) is 3.27. The predicted octanol–water partition coefficient (Wildman–Crippen LogP) is 4.85. The molecule has 0 atom stereocenters. The number of hydrogen-bond acceptors (Lipinski definition) is 5. The van der Waals surface area contributed by atoms with Crippen molar-refractivity contribution in [1.82, 2.24) is 4.98 Å². The second-order valence-electron chi connectivity index (χ2n) is 5.38. The van der Waals surface area contributed by atoms with E-state index in [-0.39, 0.29) is 23.3 Å². The first kappa shape index (κ1) is 17.4. The van der Waals surface area contributed by atoms with Crippen LogP contribution in [0.15, 0.2) is 60.7 Å². The van der Waals surface area contributed by atoms with Crippen molar-refractivity contribution in [2.24, 2.45) is 0 Å². The zero-order valence-corrected chi connectivity index (χ0v) is 13.3. The third-order valence-corrected chi connectivity index (χ3v) is 3.27. The van der Waals surface area contributed by atoms with Gasteiger partial charge < -0.3 is 20.9 Å². The molecular weight excluding hydrogens is 347 g/mol. The molecule has 0 bridgehead atoms. The van der Waals surface area contributed by atoms with Gasteiger partial charge in [0.2, 0.25) is 11.8 Å². The summed E-state index contributed by atoms with van der Waals surface area (Å²) >= 11 is 0. The molecule has 0 amide bonds. The first-order chi connectivity index (χ1) is 12.3. The van der Waals surface area contributed by atoms with Crippen LogP contribution in [0.25, 0.3) is 0 Å². The Morgan fingerprint density at radius 2 is 1.19 bits per heavy atom. The molecule has 1 heterocycles. The Balaban J connectivity index is 1.96. The van der Waals surface area contributed by atoms with Gasteiger partial charge in [-0.15, -0.1) is 0 Å². The number of ether oxygens (including phenoxy) is 2. The quantitative estimate of drug-likeness (QED) is 0.649. The molecule has 0 unspecified atom stereocenters. The fraction of sp³-hybridized carbons (Fsp3) is 0.0556. The van der Waals surface area contributed by atoms with E-state index in [1.807, 2.05) is 0 Å². The lowest BCUT2D eigenvalue weighted by Gasteiger charge is -2.13. The maximum absolute atomic E-state index is 13.2. The van der Waals surface area contributed by atoms with Crippen molar-refractivity contribution in [3.63, 3.8) is 0 Å². The molecule has 26 heavy (non-hydrogen) atoms.